The third-order valence-electron chi connectivity index (χ3n) is 4.02. The summed E-state index contributed by atoms with van der Waals surface area (Å²) in [6.45, 7) is 11.3. The Kier molecular flexibility index (Phi) is 6.05. The first kappa shape index (κ1) is 17.8. The number of benzene rings is 1. The minimum absolute atomic E-state index is 0.180. The lowest BCUT2D eigenvalue weighted by atomic mass is 9.98. The van der Waals surface area contributed by atoms with Crippen LogP contribution in [0.5, 0.6) is 0 Å². The Labute approximate surface area is 140 Å². The first-order valence-corrected chi connectivity index (χ1v) is 8.58. The number of amides is 1. The second kappa shape index (κ2) is 7.82. The molecule has 0 spiro atoms. The van der Waals surface area contributed by atoms with Crippen LogP contribution in [0.1, 0.15) is 44.7 Å². The molecule has 1 heterocycles. The second-order valence-electron chi connectivity index (χ2n) is 7.55. The third kappa shape index (κ3) is 6.22. The number of piperidine rings is 1. The number of hydrogen-bond acceptors (Lipinski definition) is 3. The van der Waals surface area contributed by atoms with Crippen molar-refractivity contribution >= 4 is 6.09 Å². The van der Waals surface area contributed by atoms with E-state index < -0.39 is 5.60 Å². The zero-order chi connectivity index (χ0) is 16.9. The summed E-state index contributed by atoms with van der Waals surface area (Å²) >= 11 is 0. The summed E-state index contributed by atoms with van der Waals surface area (Å²) in [4.78, 5) is 14.0. The van der Waals surface area contributed by atoms with E-state index in [1.54, 1.807) is 0 Å². The molecule has 1 fully saturated rings. The van der Waals surface area contributed by atoms with E-state index in [4.69, 9.17) is 4.74 Å². The minimum atomic E-state index is -0.423. The average Bonchev–Trinajstić information content (AvgIpc) is 2.46. The Balaban J connectivity index is 1.76. The van der Waals surface area contributed by atoms with Crippen LogP contribution in [0.25, 0.3) is 0 Å². The van der Waals surface area contributed by atoms with Crippen LogP contribution in [-0.4, -0.2) is 36.2 Å². The van der Waals surface area contributed by atoms with Crippen LogP contribution in [0.15, 0.2) is 24.3 Å². The molecule has 4 heteroatoms. The fourth-order valence-corrected chi connectivity index (χ4v) is 2.97. The molecule has 128 valence electrons. The molecule has 23 heavy (non-hydrogen) atoms. The van der Waals surface area contributed by atoms with Gasteiger partial charge in [-0.2, -0.15) is 0 Å². The molecule has 0 bridgehead atoms. The molecule has 1 N–H and O–H groups in total. The molecule has 1 aromatic rings. The van der Waals surface area contributed by atoms with Gasteiger partial charge in [0, 0.05) is 19.6 Å². The van der Waals surface area contributed by atoms with E-state index in [0.29, 0.717) is 5.92 Å². The van der Waals surface area contributed by atoms with Gasteiger partial charge in [0.05, 0.1) is 0 Å². The summed E-state index contributed by atoms with van der Waals surface area (Å²) in [5.41, 5.74) is 2.18. The first-order valence-electron chi connectivity index (χ1n) is 8.58. The van der Waals surface area contributed by atoms with Crippen molar-refractivity contribution in [1.82, 2.24) is 10.2 Å². The van der Waals surface area contributed by atoms with E-state index in [1.165, 1.54) is 17.5 Å². The quantitative estimate of drug-likeness (QED) is 0.919. The Morgan fingerprint density at radius 2 is 2.17 bits per heavy atom. The van der Waals surface area contributed by atoms with Crippen LogP contribution in [-0.2, 0) is 11.3 Å². The molecule has 0 aliphatic carbocycles. The van der Waals surface area contributed by atoms with Gasteiger partial charge in [0.2, 0.25) is 0 Å². The van der Waals surface area contributed by atoms with Crippen LogP contribution >= 0.6 is 0 Å². The lowest BCUT2D eigenvalue weighted by molar-refractivity contribution is 0.0166. The maximum Gasteiger partial charge on any atom is 0.410 e. The largest absolute Gasteiger partial charge is 0.444 e. The van der Waals surface area contributed by atoms with Crippen molar-refractivity contribution in [2.24, 2.45) is 5.92 Å². The maximum atomic E-state index is 12.2. The van der Waals surface area contributed by atoms with E-state index in [9.17, 15) is 4.79 Å². The van der Waals surface area contributed by atoms with Crippen molar-refractivity contribution in [1.29, 1.82) is 0 Å². The SMILES string of the molecule is Cc1cccc(CNCC2CCCN(C(=O)OC(C)(C)C)C2)c1. The lowest BCUT2D eigenvalue weighted by Gasteiger charge is -2.34. The summed E-state index contributed by atoms with van der Waals surface area (Å²) in [7, 11) is 0. The topological polar surface area (TPSA) is 41.6 Å². The number of aryl methyl sites for hydroxylation is 1. The Morgan fingerprint density at radius 1 is 1.39 bits per heavy atom. The molecule has 4 nitrogen and oxygen atoms in total. The van der Waals surface area contributed by atoms with Gasteiger partial charge in [-0.3, -0.25) is 0 Å². The van der Waals surface area contributed by atoms with Crippen molar-refractivity contribution in [3.63, 3.8) is 0 Å². The predicted octanol–water partition coefficient (Wildman–Crippen LogP) is 3.73. The fraction of sp³-hybridized carbons (Fsp3) is 0.632. The predicted molar refractivity (Wildman–Crippen MR) is 93.4 cm³/mol. The van der Waals surface area contributed by atoms with Crippen molar-refractivity contribution in [2.45, 2.75) is 52.7 Å². The molecule has 0 radical (unpaired) electrons. The maximum absolute atomic E-state index is 12.2. The number of likely N-dealkylation sites (tertiary alicyclic amines) is 1. The lowest BCUT2D eigenvalue weighted by Crippen LogP contribution is -2.44. The standard InChI is InChI=1S/C19H30N2O2/c1-15-7-5-8-16(11-15)12-20-13-17-9-6-10-21(14-17)18(22)23-19(2,3)4/h5,7-8,11,17,20H,6,9-10,12-14H2,1-4H3. The summed E-state index contributed by atoms with van der Waals surface area (Å²) in [6, 6.07) is 8.56. The molecular formula is C19H30N2O2. The molecule has 0 saturated carbocycles. The molecule has 1 aliphatic heterocycles. The van der Waals surface area contributed by atoms with Crippen LogP contribution in [0.4, 0.5) is 4.79 Å². The van der Waals surface area contributed by atoms with Crippen LogP contribution < -0.4 is 5.32 Å². The van der Waals surface area contributed by atoms with E-state index in [1.807, 2.05) is 25.7 Å². The number of rotatable bonds is 4. The fourth-order valence-electron chi connectivity index (χ4n) is 2.97. The molecule has 1 atom stereocenters. The number of hydrogen-bond donors (Lipinski definition) is 1. The highest BCUT2D eigenvalue weighted by molar-refractivity contribution is 5.68. The van der Waals surface area contributed by atoms with Crippen LogP contribution in [0.3, 0.4) is 0 Å². The van der Waals surface area contributed by atoms with Gasteiger partial charge in [-0.05, 0) is 58.6 Å². The summed E-state index contributed by atoms with van der Waals surface area (Å²) in [5.74, 6) is 0.501. The van der Waals surface area contributed by atoms with Gasteiger partial charge < -0.3 is 15.0 Å². The van der Waals surface area contributed by atoms with Crippen molar-refractivity contribution in [3.05, 3.63) is 35.4 Å². The molecule has 1 unspecified atom stereocenters. The van der Waals surface area contributed by atoms with Gasteiger partial charge in [0.15, 0.2) is 0 Å². The van der Waals surface area contributed by atoms with Gasteiger partial charge in [-0.25, -0.2) is 4.79 Å². The highest BCUT2D eigenvalue weighted by Crippen LogP contribution is 2.19. The molecule has 1 saturated heterocycles. The first-order chi connectivity index (χ1) is 10.8. The number of carbonyl (C=O) groups excluding carboxylic acids is 1. The monoisotopic (exact) mass is 318 g/mol. The van der Waals surface area contributed by atoms with Gasteiger partial charge in [-0.15, -0.1) is 0 Å². The molecule has 1 aromatic carbocycles. The minimum Gasteiger partial charge on any atom is -0.444 e. The van der Waals surface area contributed by atoms with Gasteiger partial charge >= 0.3 is 6.09 Å². The number of ether oxygens (including phenoxy) is 1. The van der Waals surface area contributed by atoms with Crippen molar-refractivity contribution in [3.8, 4) is 0 Å². The highest BCUT2D eigenvalue weighted by atomic mass is 16.6. The van der Waals surface area contributed by atoms with E-state index in [2.05, 4.69) is 36.5 Å². The van der Waals surface area contributed by atoms with Gasteiger partial charge in [0.25, 0.3) is 0 Å². The molecule has 1 aliphatic rings. The molecule has 0 aromatic heterocycles. The van der Waals surface area contributed by atoms with Gasteiger partial charge in [0.1, 0.15) is 5.60 Å². The smallest absolute Gasteiger partial charge is 0.410 e. The van der Waals surface area contributed by atoms with Crippen LogP contribution in [0.2, 0.25) is 0 Å². The molecular weight excluding hydrogens is 288 g/mol. The van der Waals surface area contributed by atoms with Gasteiger partial charge in [-0.1, -0.05) is 29.8 Å². The average molecular weight is 318 g/mol. The number of nitrogens with zero attached hydrogens (tertiary/aromatic N) is 1. The number of nitrogens with one attached hydrogen (secondary N) is 1. The number of carbonyl (C=O) groups is 1. The third-order valence-corrected chi connectivity index (χ3v) is 4.02. The Hall–Kier alpha value is -1.55. The van der Waals surface area contributed by atoms with Crippen molar-refractivity contribution < 1.29 is 9.53 Å². The normalized spacial score (nSPS) is 18.8. The summed E-state index contributed by atoms with van der Waals surface area (Å²) < 4.78 is 5.48. The summed E-state index contributed by atoms with van der Waals surface area (Å²) in [6.07, 6.45) is 2.04. The van der Waals surface area contributed by atoms with E-state index in [0.717, 1.165) is 32.6 Å². The van der Waals surface area contributed by atoms with E-state index in [-0.39, 0.29) is 6.09 Å². The zero-order valence-corrected chi connectivity index (χ0v) is 14.9. The van der Waals surface area contributed by atoms with E-state index >= 15 is 0 Å². The second-order valence-corrected chi connectivity index (χ2v) is 7.55. The molecule has 2 rings (SSSR count). The Morgan fingerprint density at radius 3 is 2.87 bits per heavy atom. The zero-order valence-electron chi connectivity index (χ0n) is 14.9. The van der Waals surface area contributed by atoms with Crippen molar-refractivity contribution in [2.75, 3.05) is 19.6 Å². The highest BCUT2D eigenvalue weighted by Gasteiger charge is 2.27. The molecule has 1 amide bonds. The summed E-state index contributed by atoms with van der Waals surface area (Å²) in [5, 5.41) is 3.53. The van der Waals surface area contributed by atoms with Crippen LogP contribution in [0, 0.1) is 12.8 Å². The Bertz CT molecular complexity index is 522.